The third-order valence-corrected chi connectivity index (χ3v) is 4.54. The van der Waals surface area contributed by atoms with Gasteiger partial charge in [0, 0.05) is 19.1 Å². The molecule has 6 heteroatoms. The van der Waals surface area contributed by atoms with Gasteiger partial charge in [-0.15, -0.1) is 0 Å². The Kier molecular flexibility index (Phi) is 7.52. The Bertz CT molecular complexity index is 787. The van der Waals surface area contributed by atoms with Crippen molar-refractivity contribution in [3.05, 3.63) is 59.7 Å². The lowest BCUT2D eigenvalue weighted by Gasteiger charge is -2.22. The predicted molar refractivity (Wildman–Crippen MR) is 106 cm³/mol. The Labute approximate surface area is 159 Å². The topological polar surface area (TPSA) is 82.4 Å². The number of rotatable bonds is 4. The van der Waals surface area contributed by atoms with Crippen molar-refractivity contribution in [1.82, 2.24) is 4.90 Å². The second-order valence-electron chi connectivity index (χ2n) is 6.21. The molecular weight excluding hydrogens is 344 g/mol. The number of aliphatic hydroxyl groups excluding tert-OH is 2. The number of aryl methyl sites for hydroxylation is 1. The van der Waals surface area contributed by atoms with Crippen LogP contribution in [0.15, 0.2) is 53.7 Å². The van der Waals surface area contributed by atoms with Gasteiger partial charge in [0.25, 0.3) is 5.91 Å². The number of likely N-dealkylation sites (tertiary alicyclic amines) is 1. The van der Waals surface area contributed by atoms with Crippen LogP contribution in [0.4, 0.5) is 0 Å². The molecule has 1 fully saturated rings. The second-order valence-corrected chi connectivity index (χ2v) is 6.21. The Morgan fingerprint density at radius 2 is 1.85 bits per heavy atom. The van der Waals surface area contributed by atoms with E-state index in [1.165, 1.54) is 12.7 Å². The lowest BCUT2D eigenvalue weighted by atomic mass is 9.99. The summed E-state index contributed by atoms with van der Waals surface area (Å²) in [6.45, 7) is 2.37. The van der Waals surface area contributed by atoms with Crippen LogP contribution >= 0.6 is 0 Å². The molecule has 2 N–H and O–H groups in total. The van der Waals surface area contributed by atoms with Gasteiger partial charge in [-0.05, 0) is 35.7 Å². The average molecular weight is 370 g/mol. The van der Waals surface area contributed by atoms with Crippen LogP contribution < -0.4 is 0 Å². The SMILES string of the molecule is CO.CO/N=C1/C[C@@H](CO)N(C(=O)c2ccc(-c3ccccc3C)cc2)C1. The van der Waals surface area contributed by atoms with E-state index in [1.807, 2.05) is 36.4 Å². The normalized spacial score (nSPS) is 17.4. The summed E-state index contributed by atoms with van der Waals surface area (Å²) < 4.78 is 0. The van der Waals surface area contributed by atoms with Gasteiger partial charge in [0.15, 0.2) is 0 Å². The fourth-order valence-electron chi connectivity index (χ4n) is 3.22. The molecule has 0 saturated carbocycles. The number of hydrogen-bond donors (Lipinski definition) is 2. The zero-order chi connectivity index (χ0) is 19.8. The third-order valence-electron chi connectivity index (χ3n) is 4.54. The van der Waals surface area contributed by atoms with E-state index in [9.17, 15) is 9.90 Å². The Hall–Kier alpha value is -2.70. The van der Waals surface area contributed by atoms with Gasteiger partial charge in [0.1, 0.15) is 7.11 Å². The minimum Gasteiger partial charge on any atom is -0.400 e. The number of aliphatic hydroxyl groups is 2. The van der Waals surface area contributed by atoms with E-state index in [-0.39, 0.29) is 18.6 Å². The van der Waals surface area contributed by atoms with E-state index in [4.69, 9.17) is 9.94 Å². The van der Waals surface area contributed by atoms with Gasteiger partial charge in [-0.2, -0.15) is 0 Å². The molecule has 2 aromatic rings. The number of amides is 1. The highest BCUT2D eigenvalue weighted by Gasteiger charge is 2.33. The maximum atomic E-state index is 12.8. The van der Waals surface area contributed by atoms with Crippen molar-refractivity contribution in [2.75, 3.05) is 27.4 Å². The molecule has 0 bridgehead atoms. The van der Waals surface area contributed by atoms with Crippen molar-refractivity contribution in [1.29, 1.82) is 0 Å². The molecule has 1 heterocycles. The molecule has 1 saturated heterocycles. The average Bonchev–Trinajstić information content (AvgIpc) is 3.13. The van der Waals surface area contributed by atoms with Crippen LogP contribution in [0.25, 0.3) is 11.1 Å². The van der Waals surface area contributed by atoms with E-state index in [0.717, 1.165) is 23.9 Å². The van der Waals surface area contributed by atoms with Gasteiger partial charge in [-0.1, -0.05) is 41.6 Å². The first-order chi connectivity index (χ1) is 13.1. The highest BCUT2D eigenvalue weighted by Crippen LogP contribution is 2.25. The summed E-state index contributed by atoms with van der Waals surface area (Å²) in [7, 11) is 2.48. The van der Waals surface area contributed by atoms with E-state index in [1.54, 1.807) is 4.90 Å². The molecule has 27 heavy (non-hydrogen) atoms. The summed E-state index contributed by atoms with van der Waals surface area (Å²) in [4.78, 5) is 19.2. The molecule has 1 aliphatic heterocycles. The van der Waals surface area contributed by atoms with Crippen molar-refractivity contribution in [2.45, 2.75) is 19.4 Å². The van der Waals surface area contributed by atoms with Gasteiger partial charge in [0.2, 0.25) is 0 Å². The van der Waals surface area contributed by atoms with Crippen molar-refractivity contribution in [3.63, 3.8) is 0 Å². The van der Waals surface area contributed by atoms with Crippen LogP contribution in [0.5, 0.6) is 0 Å². The summed E-state index contributed by atoms with van der Waals surface area (Å²) in [5.41, 5.74) is 4.81. The van der Waals surface area contributed by atoms with Gasteiger partial charge in [0.05, 0.1) is 24.9 Å². The molecule has 0 spiro atoms. The van der Waals surface area contributed by atoms with Crippen molar-refractivity contribution in [2.24, 2.45) is 5.16 Å². The molecule has 6 nitrogen and oxygen atoms in total. The fourth-order valence-corrected chi connectivity index (χ4v) is 3.22. The Morgan fingerprint density at radius 1 is 1.19 bits per heavy atom. The van der Waals surface area contributed by atoms with Crippen molar-refractivity contribution < 1.29 is 19.8 Å². The zero-order valence-electron chi connectivity index (χ0n) is 15.9. The highest BCUT2D eigenvalue weighted by atomic mass is 16.6. The van der Waals surface area contributed by atoms with Gasteiger partial charge in [-0.25, -0.2) is 0 Å². The van der Waals surface area contributed by atoms with Crippen LogP contribution in [0.3, 0.4) is 0 Å². The Morgan fingerprint density at radius 3 is 2.44 bits per heavy atom. The molecule has 0 aliphatic carbocycles. The van der Waals surface area contributed by atoms with Crippen LogP contribution in [-0.4, -0.2) is 60.1 Å². The van der Waals surface area contributed by atoms with E-state index < -0.39 is 0 Å². The summed E-state index contributed by atoms with van der Waals surface area (Å²) >= 11 is 0. The minimum atomic E-state index is -0.252. The molecule has 3 rings (SSSR count). The number of hydrogen-bond acceptors (Lipinski definition) is 5. The van der Waals surface area contributed by atoms with Gasteiger partial charge >= 0.3 is 0 Å². The third kappa shape index (κ3) is 4.72. The lowest BCUT2D eigenvalue weighted by Crippen LogP contribution is -2.37. The molecule has 1 amide bonds. The zero-order valence-corrected chi connectivity index (χ0v) is 15.9. The van der Waals surface area contributed by atoms with Crippen molar-refractivity contribution >= 4 is 11.6 Å². The van der Waals surface area contributed by atoms with Crippen LogP contribution in [0.2, 0.25) is 0 Å². The predicted octanol–water partition coefficient (Wildman–Crippen LogP) is 2.48. The standard InChI is InChI=1S/C20H22N2O3.CH4O/c1-14-5-3-4-6-19(14)15-7-9-16(10-8-15)20(24)22-12-17(21-25-2)11-18(22)13-23;1-2/h3-10,18,23H,11-13H2,1-2H3;2H,1H3/b21-17-;/t18-;/m0./s1. The van der Waals surface area contributed by atoms with Crippen molar-refractivity contribution in [3.8, 4) is 11.1 Å². The first-order valence-electron chi connectivity index (χ1n) is 8.75. The molecule has 144 valence electrons. The molecule has 0 radical (unpaired) electrons. The smallest absolute Gasteiger partial charge is 0.254 e. The number of nitrogens with zero attached hydrogens (tertiary/aromatic N) is 2. The lowest BCUT2D eigenvalue weighted by molar-refractivity contribution is 0.0680. The first kappa shape index (κ1) is 20.6. The summed E-state index contributed by atoms with van der Waals surface area (Å²) in [6.07, 6.45) is 0.539. The maximum absolute atomic E-state index is 12.8. The summed E-state index contributed by atoms with van der Waals surface area (Å²) in [5.74, 6) is -0.100. The summed E-state index contributed by atoms with van der Waals surface area (Å²) in [5, 5.41) is 20.5. The second kappa shape index (κ2) is 9.85. The van der Waals surface area contributed by atoms with E-state index >= 15 is 0 Å². The quantitative estimate of drug-likeness (QED) is 0.810. The van der Waals surface area contributed by atoms with E-state index in [2.05, 4.69) is 24.2 Å². The number of benzene rings is 2. The molecule has 2 aromatic carbocycles. The molecular formula is C21H26N2O4. The number of oxime groups is 1. The minimum absolute atomic E-state index is 0.0875. The highest BCUT2D eigenvalue weighted by molar-refractivity contribution is 6.00. The Balaban J connectivity index is 0.00000126. The summed E-state index contributed by atoms with van der Waals surface area (Å²) in [6, 6.07) is 15.5. The fraction of sp³-hybridized carbons (Fsp3) is 0.333. The van der Waals surface area contributed by atoms with Crippen LogP contribution in [-0.2, 0) is 4.84 Å². The van der Waals surface area contributed by atoms with Gasteiger partial charge in [-0.3, -0.25) is 4.79 Å². The van der Waals surface area contributed by atoms with E-state index in [0.29, 0.717) is 18.5 Å². The van der Waals surface area contributed by atoms with Crippen LogP contribution in [0.1, 0.15) is 22.3 Å². The number of carbonyl (C=O) groups excluding carboxylic acids is 1. The first-order valence-corrected chi connectivity index (χ1v) is 8.75. The number of carbonyl (C=O) groups is 1. The molecule has 1 aliphatic rings. The maximum Gasteiger partial charge on any atom is 0.254 e. The van der Waals surface area contributed by atoms with Gasteiger partial charge < -0.3 is 20.0 Å². The largest absolute Gasteiger partial charge is 0.400 e. The monoisotopic (exact) mass is 370 g/mol. The molecule has 0 unspecified atom stereocenters. The van der Waals surface area contributed by atoms with Crippen LogP contribution in [0, 0.1) is 6.92 Å². The molecule has 1 atom stereocenters. The molecule has 0 aromatic heterocycles.